The SMILES string of the molecule is CC[C@@H]1[C@@H]2CN(C(=O)[C@H](C(C)(C)C)NC(=O)O[C@@H]3CC3CCCCC(F)(F)C3=CC4C=CC(Cl)=CC4N=C3O2)[C@@H]1[C-]=O.[U]. The van der Waals surface area contributed by atoms with E-state index in [0.29, 0.717) is 30.7 Å². The van der Waals surface area contributed by atoms with Crippen LogP contribution in [0, 0.1) is 54.3 Å². The van der Waals surface area contributed by atoms with Crippen molar-refractivity contribution in [2.24, 2.45) is 28.2 Å². The Balaban J connectivity index is 0.00000423. The fourth-order valence-corrected chi connectivity index (χ4v) is 6.64. The maximum Gasteiger partial charge on any atom is 0.408 e. The number of fused-ring (bicyclic) bond motifs is 5. The monoisotopic (exact) mass is 844 g/mol. The predicted molar refractivity (Wildman–Crippen MR) is 154 cm³/mol. The van der Waals surface area contributed by atoms with E-state index >= 15 is 8.78 Å². The van der Waals surface area contributed by atoms with Crippen molar-refractivity contribution in [2.45, 2.75) is 102 Å². The van der Waals surface area contributed by atoms with Gasteiger partial charge in [0, 0.05) is 48.5 Å². The predicted octanol–water partition coefficient (Wildman–Crippen LogP) is 5.47. The molecule has 5 rings (SSSR count). The minimum Gasteiger partial charge on any atom is -0.540 e. The Labute approximate surface area is 280 Å². The quantitative estimate of drug-likeness (QED) is 0.373. The first kappa shape index (κ1) is 34.2. The van der Waals surface area contributed by atoms with Crippen molar-refractivity contribution in [1.29, 1.82) is 0 Å². The molecule has 3 heterocycles. The van der Waals surface area contributed by atoms with Gasteiger partial charge in [-0.3, -0.25) is 4.79 Å². The third-order valence-corrected chi connectivity index (χ3v) is 9.24. The number of hydrogen-bond acceptors (Lipinski definition) is 6. The molecule has 8 atom stereocenters. The molecule has 12 heteroatoms. The van der Waals surface area contributed by atoms with Crippen LogP contribution in [0.3, 0.4) is 0 Å². The Morgan fingerprint density at radius 3 is 2.60 bits per heavy atom. The molecule has 1 saturated carbocycles. The third kappa shape index (κ3) is 7.41. The van der Waals surface area contributed by atoms with Crippen LogP contribution in [0.4, 0.5) is 13.6 Å². The third-order valence-electron chi connectivity index (χ3n) is 8.99. The molecule has 0 radical (unpaired) electrons. The summed E-state index contributed by atoms with van der Waals surface area (Å²) in [6, 6.07) is -2.49. The summed E-state index contributed by atoms with van der Waals surface area (Å²) in [6.45, 7) is 7.23. The van der Waals surface area contributed by atoms with Crippen molar-refractivity contribution in [1.82, 2.24) is 10.2 Å². The Bertz CT molecular complexity index is 1230. The number of halogens is 3. The second-order valence-electron chi connectivity index (χ2n) is 13.1. The van der Waals surface area contributed by atoms with Crippen LogP contribution in [-0.2, 0) is 19.1 Å². The molecule has 1 N–H and O–H groups in total. The summed E-state index contributed by atoms with van der Waals surface area (Å²) in [7, 11) is 0. The van der Waals surface area contributed by atoms with E-state index in [1.807, 2.05) is 34.0 Å². The first-order chi connectivity index (χ1) is 19.8. The molecule has 5 aliphatic rings. The molecule has 3 aliphatic heterocycles. The second kappa shape index (κ2) is 13.3. The van der Waals surface area contributed by atoms with E-state index in [-0.39, 0.29) is 74.0 Å². The van der Waals surface area contributed by atoms with E-state index in [1.54, 1.807) is 18.2 Å². The number of nitrogens with zero attached hydrogens (tertiary/aromatic N) is 2. The average Bonchev–Trinajstić information content (AvgIpc) is 3.55. The van der Waals surface area contributed by atoms with Gasteiger partial charge in [-0.1, -0.05) is 70.3 Å². The number of rotatable bonds is 2. The Morgan fingerprint density at radius 1 is 1.19 bits per heavy atom. The van der Waals surface area contributed by atoms with Crippen LogP contribution < -0.4 is 5.32 Å². The smallest absolute Gasteiger partial charge is 0.408 e. The van der Waals surface area contributed by atoms with Crippen molar-refractivity contribution >= 4 is 35.8 Å². The van der Waals surface area contributed by atoms with Crippen LogP contribution in [-0.4, -0.2) is 71.9 Å². The molecule has 2 saturated heterocycles. The fourth-order valence-electron chi connectivity index (χ4n) is 6.43. The Kier molecular flexibility index (Phi) is 10.6. The van der Waals surface area contributed by atoms with Gasteiger partial charge >= 0.3 is 6.09 Å². The van der Waals surface area contributed by atoms with Crippen LogP contribution in [0.25, 0.3) is 0 Å². The zero-order valence-electron chi connectivity index (χ0n) is 24.9. The maximum absolute atomic E-state index is 15.9. The molecular weight excluding hydrogens is 806 g/mol. The first-order valence-corrected chi connectivity index (χ1v) is 15.3. The second-order valence-corrected chi connectivity index (χ2v) is 13.5. The normalized spacial score (nSPS) is 35.9. The van der Waals surface area contributed by atoms with E-state index in [9.17, 15) is 14.4 Å². The first-order valence-electron chi connectivity index (χ1n) is 14.9. The van der Waals surface area contributed by atoms with Crippen molar-refractivity contribution in [2.75, 3.05) is 6.54 Å². The summed E-state index contributed by atoms with van der Waals surface area (Å²) >= 11 is 6.21. The molecule has 3 unspecified atom stereocenters. The molecule has 0 aromatic rings. The minimum absolute atomic E-state index is 0. The topological polar surface area (TPSA) is 97.3 Å². The molecule has 3 fully saturated rings. The number of alkyl carbamates (subject to hydrolysis) is 1. The summed E-state index contributed by atoms with van der Waals surface area (Å²) in [5.74, 6) is -4.68. The van der Waals surface area contributed by atoms with E-state index < -0.39 is 59.4 Å². The molecule has 2 bridgehead atoms. The van der Waals surface area contributed by atoms with Crippen molar-refractivity contribution in [3.63, 3.8) is 0 Å². The van der Waals surface area contributed by atoms with Gasteiger partial charge in [0.15, 0.2) is 0 Å². The Hall–Kier alpha value is -1.70. The molecule has 0 spiro atoms. The number of carbonyl (C=O) groups is 2. The number of aliphatic imine (C=N–C) groups is 1. The van der Waals surface area contributed by atoms with Crippen LogP contribution in [0.2, 0.25) is 0 Å². The number of ether oxygens (including phenoxy) is 2. The van der Waals surface area contributed by atoms with Crippen LogP contribution in [0.15, 0.2) is 39.9 Å². The van der Waals surface area contributed by atoms with Crippen molar-refractivity contribution in [3.05, 3.63) is 34.9 Å². The Morgan fingerprint density at radius 2 is 1.93 bits per heavy atom. The van der Waals surface area contributed by atoms with Crippen LogP contribution in [0.1, 0.15) is 66.2 Å². The van der Waals surface area contributed by atoms with Crippen molar-refractivity contribution < 1.29 is 63.8 Å². The van der Waals surface area contributed by atoms with E-state index in [4.69, 9.17) is 21.1 Å². The number of nitrogens with one attached hydrogen (secondary N) is 1. The zero-order valence-corrected chi connectivity index (χ0v) is 29.9. The molecule has 234 valence electrons. The van der Waals surface area contributed by atoms with Crippen molar-refractivity contribution in [3.8, 4) is 0 Å². The number of amides is 2. The van der Waals surface area contributed by atoms with Gasteiger partial charge in [0.05, 0.1) is 18.2 Å². The molecule has 0 aromatic heterocycles. The van der Waals surface area contributed by atoms with Crippen LogP contribution in [0.5, 0.6) is 0 Å². The zero-order chi connectivity index (χ0) is 30.4. The molecular formula is C31H39ClF2N3O5U-. The van der Waals surface area contributed by atoms with Crippen LogP contribution >= 0.6 is 11.6 Å². The molecule has 2 amide bonds. The van der Waals surface area contributed by atoms with Gasteiger partial charge < -0.3 is 24.5 Å². The number of dihydropyridines is 1. The molecule has 2 aliphatic carbocycles. The van der Waals surface area contributed by atoms with Gasteiger partial charge in [0.2, 0.25) is 11.8 Å². The summed E-state index contributed by atoms with van der Waals surface area (Å²) in [6.07, 6.45) is 9.03. The number of alkyl halides is 2. The summed E-state index contributed by atoms with van der Waals surface area (Å²) in [5, 5.41) is 3.20. The average molecular weight is 845 g/mol. The maximum atomic E-state index is 15.9. The van der Waals surface area contributed by atoms with E-state index in [1.165, 1.54) is 11.0 Å². The molecule has 0 aromatic carbocycles. The standard InChI is InChI=1S/C31H39ClF2N3O5.U/c1-5-20-23(16-38)37-15-25(20)41-27-21(12-17-9-10-19(32)14-22(17)35-27)31(33,34)11-7-6-8-18-13-24(18)42-29(40)36-26(28(37)39)30(2,3)4;/h9-10,12,14,17-18,20,22-26H,5-8,11,13,15H2,1-4H3,(H,36,40);/q-1;/t17?,18?,20-,22?,23+,24+,25-,26+;/m0./s1. The fraction of sp³-hybridized carbons (Fsp3) is 0.677. The van der Waals surface area contributed by atoms with Gasteiger partial charge in [-0.2, -0.15) is 0 Å². The minimum atomic E-state index is -3.21. The van der Waals surface area contributed by atoms with Gasteiger partial charge in [-0.15, -0.1) is 0 Å². The number of allylic oxidation sites excluding steroid dienone is 2. The van der Waals surface area contributed by atoms with Gasteiger partial charge in [0.25, 0.3) is 5.92 Å². The largest absolute Gasteiger partial charge is 0.540 e. The summed E-state index contributed by atoms with van der Waals surface area (Å²) in [4.78, 5) is 45.0. The van der Waals surface area contributed by atoms with Gasteiger partial charge in [0.1, 0.15) is 18.2 Å². The summed E-state index contributed by atoms with van der Waals surface area (Å²) < 4.78 is 43.6. The van der Waals surface area contributed by atoms with Gasteiger partial charge in [-0.05, 0) is 48.7 Å². The number of carbonyl (C=O) groups excluding carboxylic acids is 3. The van der Waals surface area contributed by atoms with E-state index in [0.717, 1.165) is 0 Å². The van der Waals surface area contributed by atoms with E-state index in [2.05, 4.69) is 10.3 Å². The number of hydrogen-bond donors (Lipinski definition) is 1. The molecule has 8 nitrogen and oxygen atoms in total. The summed E-state index contributed by atoms with van der Waals surface area (Å²) in [5.41, 5.74) is -0.992. The van der Waals surface area contributed by atoms with Gasteiger partial charge in [-0.25, -0.2) is 24.9 Å². The molecule has 43 heavy (non-hydrogen) atoms.